The molecule has 0 fully saturated rings. The zero-order valence-corrected chi connectivity index (χ0v) is 15.7. The molecule has 0 bridgehead atoms. The van der Waals surface area contributed by atoms with Crippen LogP contribution in [0.1, 0.15) is 22.4 Å². The molecule has 0 aliphatic rings. The Morgan fingerprint density at radius 3 is 2.71 bits per heavy atom. The SMILES string of the molecule is CCc1cc2c(=O)n(NC(=O)CNC(=O)CNC(=O)c3ccco3)cnc2s1. The number of fused-ring (bicyclic) bond motifs is 1. The highest BCUT2D eigenvalue weighted by Crippen LogP contribution is 2.20. The van der Waals surface area contributed by atoms with Crippen molar-refractivity contribution in [1.82, 2.24) is 20.3 Å². The molecule has 3 N–H and O–H groups in total. The summed E-state index contributed by atoms with van der Waals surface area (Å²) >= 11 is 1.42. The van der Waals surface area contributed by atoms with Crippen LogP contribution >= 0.6 is 11.3 Å². The molecule has 146 valence electrons. The van der Waals surface area contributed by atoms with Crippen molar-refractivity contribution < 1.29 is 18.8 Å². The van der Waals surface area contributed by atoms with Crippen molar-refractivity contribution in [2.24, 2.45) is 0 Å². The van der Waals surface area contributed by atoms with Gasteiger partial charge in [0.25, 0.3) is 17.4 Å². The number of furan rings is 1. The van der Waals surface area contributed by atoms with E-state index >= 15 is 0 Å². The average Bonchev–Trinajstić information content (AvgIpc) is 3.36. The van der Waals surface area contributed by atoms with Gasteiger partial charge in [0.2, 0.25) is 5.91 Å². The van der Waals surface area contributed by atoms with Gasteiger partial charge in [0.1, 0.15) is 11.2 Å². The van der Waals surface area contributed by atoms with Crippen molar-refractivity contribution in [2.75, 3.05) is 18.5 Å². The van der Waals surface area contributed by atoms with Crippen molar-refractivity contribution in [2.45, 2.75) is 13.3 Å². The van der Waals surface area contributed by atoms with Crippen LogP contribution in [0.2, 0.25) is 0 Å². The average molecular weight is 403 g/mol. The maximum atomic E-state index is 12.4. The van der Waals surface area contributed by atoms with Gasteiger partial charge in [-0.15, -0.1) is 11.3 Å². The Kier molecular flexibility index (Phi) is 5.84. The summed E-state index contributed by atoms with van der Waals surface area (Å²) in [5, 5.41) is 5.12. The third kappa shape index (κ3) is 4.43. The Balaban J connectivity index is 1.51. The van der Waals surface area contributed by atoms with Gasteiger partial charge in [-0.05, 0) is 24.6 Å². The van der Waals surface area contributed by atoms with Gasteiger partial charge in [-0.1, -0.05) is 6.92 Å². The zero-order chi connectivity index (χ0) is 20.1. The molecule has 10 nitrogen and oxygen atoms in total. The number of aromatic nitrogens is 2. The highest BCUT2D eigenvalue weighted by atomic mass is 32.1. The minimum Gasteiger partial charge on any atom is -0.459 e. The lowest BCUT2D eigenvalue weighted by Gasteiger charge is -2.09. The van der Waals surface area contributed by atoms with E-state index < -0.39 is 23.3 Å². The summed E-state index contributed by atoms with van der Waals surface area (Å²) in [6.07, 6.45) is 3.35. The lowest BCUT2D eigenvalue weighted by atomic mass is 10.3. The smallest absolute Gasteiger partial charge is 0.287 e. The number of nitrogens with one attached hydrogen (secondary N) is 3. The molecular formula is C17H17N5O5S. The number of carbonyl (C=O) groups excluding carboxylic acids is 3. The number of aryl methyl sites for hydroxylation is 1. The number of hydrogen-bond donors (Lipinski definition) is 3. The molecule has 0 aromatic carbocycles. The van der Waals surface area contributed by atoms with Crippen LogP contribution in [-0.2, 0) is 16.0 Å². The van der Waals surface area contributed by atoms with Crippen LogP contribution in [0.5, 0.6) is 0 Å². The van der Waals surface area contributed by atoms with Gasteiger partial charge < -0.3 is 15.1 Å². The standard InChI is InChI=1S/C17H17N5O5S/c1-2-10-6-11-16(28-10)20-9-22(17(11)26)21-14(24)8-18-13(23)7-19-15(25)12-4-3-5-27-12/h3-6,9H,2,7-8H2,1H3,(H,18,23)(H,19,25)(H,21,24). The molecule has 3 amide bonds. The van der Waals surface area contributed by atoms with E-state index in [2.05, 4.69) is 21.0 Å². The quantitative estimate of drug-likeness (QED) is 0.517. The third-order valence-electron chi connectivity index (χ3n) is 3.70. The summed E-state index contributed by atoms with van der Waals surface area (Å²) in [4.78, 5) is 53.5. The number of thiophene rings is 1. The number of hydrogen-bond acceptors (Lipinski definition) is 7. The second kappa shape index (κ2) is 8.48. The van der Waals surface area contributed by atoms with Crippen LogP contribution in [0, 0.1) is 0 Å². The van der Waals surface area contributed by atoms with Crippen LogP contribution in [0.4, 0.5) is 0 Å². The molecule has 0 spiro atoms. The van der Waals surface area contributed by atoms with Gasteiger partial charge in [0, 0.05) is 4.88 Å². The lowest BCUT2D eigenvalue weighted by Crippen LogP contribution is -2.43. The molecule has 0 aliphatic carbocycles. The van der Waals surface area contributed by atoms with E-state index in [1.165, 1.54) is 30.0 Å². The van der Waals surface area contributed by atoms with E-state index in [1.54, 1.807) is 12.1 Å². The molecular weight excluding hydrogens is 386 g/mol. The van der Waals surface area contributed by atoms with Crippen molar-refractivity contribution in [3.8, 4) is 0 Å². The number of rotatable bonds is 7. The molecule has 0 saturated heterocycles. The molecule has 28 heavy (non-hydrogen) atoms. The first-order valence-corrected chi connectivity index (χ1v) is 9.18. The van der Waals surface area contributed by atoms with Gasteiger partial charge in [0.15, 0.2) is 5.76 Å². The zero-order valence-electron chi connectivity index (χ0n) is 14.9. The molecule has 3 aromatic rings. The van der Waals surface area contributed by atoms with Crippen LogP contribution in [0.3, 0.4) is 0 Å². The molecule has 0 aliphatic heterocycles. The molecule has 0 unspecified atom stereocenters. The molecule has 3 heterocycles. The maximum absolute atomic E-state index is 12.4. The largest absolute Gasteiger partial charge is 0.459 e. The Morgan fingerprint density at radius 2 is 2.00 bits per heavy atom. The summed E-state index contributed by atoms with van der Waals surface area (Å²) in [6.45, 7) is 1.28. The second-order valence-electron chi connectivity index (χ2n) is 5.68. The van der Waals surface area contributed by atoms with Crippen molar-refractivity contribution in [3.05, 3.63) is 51.8 Å². The van der Waals surface area contributed by atoms with Gasteiger partial charge in [-0.25, -0.2) is 9.66 Å². The van der Waals surface area contributed by atoms with Crippen LogP contribution in [-0.4, -0.2) is 40.5 Å². The summed E-state index contributed by atoms with van der Waals surface area (Å²) in [7, 11) is 0. The van der Waals surface area contributed by atoms with Gasteiger partial charge in [-0.3, -0.25) is 24.6 Å². The van der Waals surface area contributed by atoms with Crippen molar-refractivity contribution in [3.63, 3.8) is 0 Å². The summed E-state index contributed by atoms with van der Waals surface area (Å²) in [5.41, 5.74) is 1.97. The molecule has 0 radical (unpaired) electrons. The van der Waals surface area contributed by atoms with E-state index in [4.69, 9.17) is 4.42 Å². The van der Waals surface area contributed by atoms with Gasteiger partial charge >= 0.3 is 0 Å². The van der Waals surface area contributed by atoms with E-state index in [0.29, 0.717) is 10.2 Å². The fourth-order valence-electron chi connectivity index (χ4n) is 2.30. The molecule has 0 saturated carbocycles. The predicted molar refractivity (Wildman–Crippen MR) is 102 cm³/mol. The molecule has 3 rings (SSSR count). The van der Waals surface area contributed by atoms with Gasteiger partial charge in [0.05, 0.1) is 24.7 Å². The molecule has 0 atom stereocenters. The van der Waals surface area contributed by atoms with Crippen LogP contribution in [0.25, 0.3) is 10.2 Å². The minimum atomic E-state index is -0.611. The first-order chi connectivity index (χ1) is 13.5. The lowest BCUT2D eigenvalue weighted by molar-refractivity contribution is -0.123. The fraction of sp³-hybridized carbons (Fsp3) is 0.235. The van der Waals surface area contributed by atoms with E-state index in [-0.39, 0.29) is 18.8 Å². The minimum absolute atomic E-state index is 0.0764. The van der Waals surface area contributed by atoms with E-state index in [1.807, 2.05) is 6.92 Å². The molecule has 11 heteroatoms. The number of amides is 3. The van der Waals surface area contributed by atoms with Gasteiger partial charge in [-0.2, -0.15) is 0 Å². The van der Waals surface area contributed by atoms with E-state index in [0.717, 1.165) is 16.0 Å². The Labute approximate surface area is 162 Å². The Hall–Kier alpha value is -3.47. The first-order valence-electron chi connectivity index (χ1n) is 8.36. The summed E-state index contributed by atoms with van der Waals surface area (Å²) in [5.74, 6) is -1.65. The highest BCUT2D eigenvalue weighted by Gasteiger charge is 2.13. The maximum Gasteiger partial charge on any atom is 0.287 e. The Bertz CT molecular complexity index is 1070. The fourth-order valence-corrected chi connectivity index (χ4v) is 3.22. The van der Waals surface area contributed by atoms with Crippen molar-refractivity contribution in [1.29, 1.82) is 0 Å². The normalized spacial score (nSPS) is 10.6. The van der Waals surface area contributed by atoms with Crippen molar-refractivity contribution >= 4 is 39.3 Å². The number of carbonyl (C=O) groups is 3. The number of nitrogens with zero attached hydrogens (tertiary/aromatic N) is 2. The topological polar surface area (TPSA) is 135 Å². The third-order valence-corrected chi connectivity index (χ3v) is 4.88. The monoisotopic (exact) mass is 403 g/mol. The summed E-state index contributed by atoms with van der Waals surface area (Å²) < 4.78 is 5.87. The van der Waals surface area contributed by atoms with Crippen LogP contribution < -0.4 is 21.6 Å². The summed E-state index contributed by atoms with van der Waals surface area (Å²) in [6, 6.07) is 4.76. The predicted octanol–water partition coefficient (Wildman–Crippen LogP) is 0.230. The second-order valence-corrected chi connectivity index (χ2v) is 6.79. The molecule has 3 aromatic heterocycles. The van der Waals surface area contributed by atoms with E-state index in [9.17, 15) is 19.2 Å². The highest BCUT2D eigenvalue weighted by molar-refractivity contribution is 7.18. The first kappa shape index (κ1) is 19.3. The Morgan fingerprint density at radius 1 is 1.21 bits per heavy atom. The van der Waals surface area contributed by atoms with Crippen LogP contribution in [0.15, 0.2) is 40.0 Å².